The lowest BCUT2D eigenvalue weighted by Gasteiger charge is -2.32. The summed E-state index contributed by atoms with van der Waals surface area (Å²) in [6.45, 7) is 3.62. The molecule has 5 N–H and O–H groups in total. The highest BCUT2D eigenvalue weighted by atomic mass is 16.3. The highest BCUT2D eigenvalue weighted by Crippen LogP contribution is 2.28. The standard InChI is InChI=1S/C27H34N4O4/c32-23-8-6-21(22-7-9-26(35)30-27(22)23)24(33)18-29-20-11-15-31(16-12-20)17-13-25(34)28-14-10-19-4-2-1-3-5-19/h1-9,20,24,29,32-33H,10-18H2,(H,28,34)(H,30,35)/t24-/m1/s1. The van der Waals surface area contributed by atoms with Crippen LogP contribution >= 0.6 is 0 Å². The lowest BCUT2D eigenvalue weighted by Crippen LogP contribution is -2.44. The first-order valence-electron chi connectivity index (χ1n) is 12.3. The molecular weight excluding hydrogens is 444 g/mol. The van der Waals surface area contributed by atoms with Gasteiger partial charge in [-0.05, 0) is 55.6 Å². The van der Waals surface area contributed by atoms with E-state index in [1.807, 2.05) is 18.2 Å². The molecule has 0 unspecified atom stereocenters. The fraction of sp³-hybridized carbons (Fsp3) is 0.407. The van der Waals surface area contributed by atoms with Crippen LogP contribution in [0.25, 0.3) is 10.9 Å². The molecular formula is C27H34N4O4. The Morgan fingerprint density at radius 1 is 1.09 bits per heavy atom. The van der Waals surface area contributed by atoms with E-state index in [-0.39, 0.29) is 17.2 Å². The van der Waals surface area contributed by atoms with Crippen LogP contribution in [-0.2, 0) is 11.2 Å². The van der Waals surface area contributed by atoms with E-state index in [2.05, 4.69) is 32.7 Å². The minimum absolute atomic E-state index is 0.0149. The van der Waals surface area contributed by atoms with Crippen molar-refractivity contribution in [3.8, 4) is 5.75 Å². The molecule has 1 saturated heterocycles. The van der Waals surface area contributed by atoms with Crippen molar-refractivity contribution in [1.29, 1.82) is 0 Å². The monoisotopic (exact) mass is 478 g/mol. The first-order chi connectivity index (χ1) is 17.0. The Bertz CT molecular complexity index is 1170. The maximum absolute atomic E-state index is 12.2. The number of aromatic amines is 1. The van der Waals surface area contributed by atoms with Gasteiger partial charge >= 0.3 is 0 Å². The molecule has 4 rings (SSSR count). The summed E-state index contributed by atoms with van der Waals surface area (Å²) in [5.74, 6) is 0.0747. The normalized spacial score (nSPS) is 15.8. The predicted molar refractivity (Wildman–Crippen MR) is 136 cm³/mol. The third-order valence-electron chi connectivity index (χ3n) is 6.69. The fourth-order valence-electron chi connectivity index (χ4n) is 4.64. The van der Waals surface area contributed by atoms with E-state index in [0.29, 0.717) is 42.0 Å². The SMILES string of the molecule is O=C(CCN1CCC(NC[C@@H](O)c2ccc(O)c3[nH]c(=O)ccc23)CC1)NCCc1ccccc1. The van der Waals surface area contributed by atoms with Crippen molar-refractivity contribution in [3.05, 3.63) is 76.1 Å². The van der Waals surface area contributed by atoms with E-state index in [9.17, 15) is 19.8 Å². The topological polar surface area (TPSA) is 118 Å². The number of nitrogens with zero attached hydrogens (tertiary/aromatic N) is 1. The number of aromatic nitrogens is 1. The molecule has 1 aliphatic heterocycles. The molecule has 0 aliphatic carbocycles. The van der Waals surface area contributed by atoms with Crippen LogP contribution in [0.1, 0.15) is 36.5 Å². The number of hydrogen-bond donors (Lipinski definition) is 5. The number of phenols is 1. The van der Waals surface area contributed by atoms with Crippen LogP contribution in [-0.4, -0.2) is 64.8 Å². The summed E-state index contributed by atoms with van der Waals surface area (Å²) < 4.78 is 0. The second-order valence-electron chi connectivity index (χ2n) is 9.16. The number of benzene rings is 2. The Kier molecular flexibility index (Phi) is 8.52. The molecule has 0 bridgehead atoms. The molecule has 1 fully saturated rings. The number of piperidine rings is 1. The lowest BCUT2D eigenvalue weighted by molar-refractivity contribution is -0.121. The second kappa shape index (κ2) is 12.0. The molecule has 186 valence electrons. The first-order valence-corrected chi connectivity index (χ1v) is 12.3. The summed E-state index contributed by atoms with van der Waals surface area (Å²) in [4.78, 5) is 28.7. The number of likely N-dealkylation sites (tertiary alicyclic amines) is 1. The van der Waals surface area contributed by atoms with Crippen LogP contribution in [0.5, 0.6) is 5.75 Å². The highest BCUT2D eigenvalue weighted by Gasteiger charge is 2.21. The van der Waals surface area contributed by atoms with Gasteiger partial charge in [0, 0.05) is 43.5 Å². The lowest BCUT2D eigenvalue weighted by atomic mass is 10.0. The van der Waals surface area contributed by atoms with Crippen LogP contribution in [0.4, 0.5) is 0 Å². The number of aliphatic hydroxyl groups is 1. The molecule has 2 heterocycles. The number of phenolic OH excluding ortho intramolecular Hbond substituents is 1. The number of carbonyl (C=O) groups excluding carboxylic acids is 1. The van der Waals surface area contributed by atoms with Crippen LogP contribution in [0.3, 0.4) is 0 Å². The summed E-state index contributed by atoms with van der Waals surface area (Å²) in [6.07, 6.45) is 2.48. The van der Waals surface area contributed by atoms with Crippen molar-refractivity contribution in [1.82, 2.24) is 20.5 Å². The maximum Gasteiger partial charge on any atom is 0.248 e. The van der Waals surface area contributed by atoms with Crippen molar-refractivity contribution >= 4 is 16.8 Å². The fourth-order valence-corrected chi connectivity index (χ4v) is 4.64. The van der Waals surface area contributed by atoms with Gasteiger partial charge in [-0.2, -0.15) is 0 Å². The van der Waals surface area contributed by atoms with E-state index in [0.717, 1.165) is 38.9 Å². The highest BCUT2D eigenvalue weighted by molar-refractivity contribution is 5.87. The summed E-state index contributed by atoms with van der Waals surface area (Å²) in [7, 11) is 0. The number of amides is 1. The van der Waals surface area contributed by atoms with Crippen LogP contribution in [0.15, 0.2) is 59.4 Å². The van der Waals surface area contributed by atoms with E-state index in [1.54, 1.807) is 12.1 Å². The van der Waals surface area contributed by atoms with Crippen LogP contribution < -0.4 is 16.2 Å². The van der Waals surface area contributed by atoms with Gasteiger partial charge in [-0.3, -0.25) is 9.59 Å². The zero-order chi connectivity index (χ0) is 24.6. The third-order valence-corrected chi connectivity index (χ3v) is 6.69. The van der Waals surface area contributed by atoms with Crippen LogP contribution in [0.2, 0.25) is 0 Å². The number of rotatable bonds is 10. The molecule has 1 atom stereocenters. The summed E-state index contributed by atoms with van der Waals surface area (Å²) in [6, 6.07) is 16.6. The number of hydrogen-bond acceptors (Lipinski definition) is 6. The van der Waals surface area contributed by atoms with Gasteiger partial charge in [-0.15, -0.1) is 0 Å². The van der Waals surface area contributed by atoms with Gasteiger partial charge in [0.25, 0.3) is 0 Å². The average molecular weight is 479 g/mol. The molecule has 1 aromatic heterocycles. The van der Waals surface area contributed by atoms with Crippen molar-refractivity contribution in [3.63, 3.8) is 0 Å². The van der Waals surface area contributed by atoms with E-state index >= 15 is 0 Å². The molecule has 0 radical (unpaired) electrons. The third kappa shape index (κ3) is 6.91. The van der Waals surface area contributed by atoms with Gasteiger partial charge in [0.2, 0.25) is 11.5 Å². The number of aliphatic hydroxyl groups excluding tert-OH is 1. The van der Waals surface area contributed by atoms with E-state index in [1.165, 1.54) is 17.7 Å². The average Bonchev–Trinajstić information content (AvgIpc) is 2.88. The Hall–Kier alpha value is -3.20. The maximum atomic E-state index is 12.2. The summed E-state index contributed by atoms with van der Waals surface area (Å²) in [5, 5.41) is 27.9. The molecule has 0 spiro atoms. The largest absolute Gasteiger partial charge is 0.506 e. The van der Waals surface area contributed by atoms with E-state index < -0.39 is 6.10 Å². The van der Waals surface area contributed by atoms with Crippen LogP contribution in [0, 0.1) is 0 Å². The van der Waals surface area contributed by atoms with Crippen molar-refractivity contribution < 1.29 is 15.0 Å². The predicted octanol–water partition coefficient (Wildman–Crippen LogP) is 2.07. The van der Waals surface area contributed by atoms with Crippen molar-refractivity contribution in [2.45, 2.75) is 37.8 Å². The number of nitrogens with one attached hydrogen (secondary N) is 3. The van der Waals surface area contributed by atoms with E-state index in [4.69, 9.17) is 0 Å². The molecule has 1 aliphatic rings. The number of pyridine rings is 1. The summed E-state index contributed by atoms with van der Waals surface area (Å²) in [5.41, 5.74) is 1.93. The van der Waals surface area contributed by atoms with Gasteiger partial charge in [0.05, 0.1) is 11.6 Å². The molecule has 1 amide bonds. The molecule has 2 aromatic carbocycles. The minimum Gasteiger partial charge on any atom is -0.506 e. The van der Waals surface area contributed by atoms with Gasteiger partial charge < -0.3 is 30.7 Å². The molecule has 8 heteroatoms. The summed E-state index contributed by atoms with van der Waals surface area (Å²) >= 11 is 0. The Morgan fingerprint density at radius 2 is 1.86 bits per heavy atom. The molecule has 35 heavy (non-hydrogen) atoms. The Labute approximate surface area is 205 Å². The second-order valence-corrected chi connectivity index (χ2v) is 9.16. The Balaban J connectivity index is 1.16. The zero-order valence-electron chi connectivity index (χ0n) is 19.9. The zero-order valence-corrected chi connectivity index (χ0v) is 19.9. The minimum atomic E-state index is -0.762. The first kappa shape index (κ1) is 24.9. The van der Waals surface area contributed by atoms with Gasteiger partial charge in [-0.1, -0.05) is 36.4 Å². The number of fused-ring (bicyclic) bond motifs is 1. The Morgan fingerprint density at radius 3 is 2.63 bits per heavy atom. The quantitative estimate of drug-likeness (QED) is 0.305. The van der Waals surface area contributed by atoms with Gasteiger partial charge in [0.1, 0.15) is 5.75 Å². The molecule has 8 nitrogen and oxygen atoms in total. The van der Waals surface area contributed by atoms with Gasteiger partial charge in [0.15, 0.2) is 0 Å². The van der Waals surface area contributed by atoms with Gasteiger partial charge in [-0.25, -0.2) is 0 Å². The molecule has 3 aromatic rings. The molecule has 0 saturated carbocycles. The number of aromatic hydroxyl groups is 1. The number of H-pyrrole nitrogens is 1. The van der Waals surface area contributed by atoms with Crippen molar-refractivity contribution in [2.75, 3.05) is 32.7 Å². The smallest absolute Gasteiger partial charge is 0.248 e. The van der Waals surface area contributed by atoms with Crippen molar-refractivity contribution in [2.24, 2.45) is 0 Å². The number of carbonyl (C=O) groups is 1.